The summed E-state index contributed by atoms with van der Waals surface area (Å²) >= 11 is 0. The second-order valence-corrected chi connectivity index (χ2v) is 6.62. The molecule has 2 aliphatic rings. The zero-order chi connectivity index (χ0) is 12.1. The summed E-state index contributed by atoms with van der Waals surface area (Å²) in [5.74, 6) is 2.96. The SMILES string of the molecule is CCCC(C)CC1CCCCC1CNC1CC1. The lowest BCUT2D eigenvalue weighted by molar-refractivity contribution is 0.191. The highest BCUT2D eigenvalue weighted by Crippen LogP contribution is 2.35. The third-order valence-electron chi connectivity index (χ3n) is 4.80. The van der Waals surface area contributed by atoms with Crippen molar-refractivity contribution in [1.82, 2.24) is 5.32 Å². The predicted octanol–water partition coefficient (Wildman–Crippen LogP) is 4.37. The smallest absolute Gasteiger partial charge is 0.00683 e. The first-order chi connectivity index (χ1) is 8.29. The van der Waals surface area contributed by atoms with Crippen molar-refractivity contribution in [3.63, 3.8) is 0 Å². The molecule has 0 radical (unpaired) electrons. The highest BCUT2D eigenvalue weighted by atomic mass is 14.9. The number of hydrogen-bond acceptors (Lipinski definition) is 1. The molecule has 1 N–H and O–H groups in total. The summed E-state index contributed by atoms with van der Waals surface area (Å²) in [7, 11) is 0. The Bertz CT molecular complexity index is 210. The molecule has 2 saturated carbocycles. The summed E-state index contributed by atoms with van der Waals surface area (Å²) in [6.45, 7) is 6.10. The Labute approximate surface area is 108 Å². The normalized spacial score (nSPS) is 31.4. The summed E-state index contributed by atoms with van der Waals surface area (Å²) in [5.41, 5.74) is 0. The minimum absolute atomic E-state index is 0.894. The van der Waals surface area contributed by atoms with E-state index in [2.05, 4.69) is 19.2 Å². The quantitative estimate of drug-likeness (QED) is 0.693. The number of hydrogen-bond donors (Lipinski definition) is 1. The van der Waals surface area contributed by atoms with E-state index in [0.717, 1.165) is 23.8 Å². The molecule has 1 nitrogen and oxygen atoms in total. The van der Waals surface area contributed by atoms with Gasteiger partial charge in [0.1, 0.15) is 0 Å². The summed E-state index contributed by atoms with van der Waals surface area (Å²) in [5, 5.41) is 3.76. The Hall–Kier alpha value is -0.0400. The van der Waals surface area contributed by atoms with Crippen LogP contribution in [0.1, 0.15) is 71.6 Å². The average molecular weight is 237 g/mol. The fraction of sp³-hybridized carbons (Fsp3) is 1.00. The van der Waals surface area contributed by atoms with E-state index in [4.69, 9.17) is 0 Å². The Morgan fingerprint density at radius 2 is 1.76 bits per heavy atom. The molecule has 0 amide bonds. The van der Waals surface area contributed by atoms with Gasteiger partial charge in [0.2, 0.25) is 0 Å². The van der Waals surface area contributed by atoms with Crippen LogP contribution in [0.2, 0.25) is 0 Å². The molecule has 0 aromatic heterocycles. The highest BCUT2D eigenvalue weighted by Gasteiger charge is 2.28. The molecule has 0 saturated heterocycles. The van der Waals surface area contributed by atoms with Crippen LogP contribution >= 0.6 is 0 Å². The van der Waals surface area contributed by atoms with Gasteiger partial charge in [0.15, 0.2) is 0 Å². The Morgan fingerprint density at radius 3 is 2.41 bits per heavy atom. The van der Waals surface area contributed by atoms with Crippen molar-refractivity contribution in [2.24, 2.45) is 17.8 Å². The Balaban J connectivity index is 1.73. The molecule has 1 heteroatoms. The maximum Gasteiger partial charge on any atom is 0.00683 e. The van der Waals surface area contributed by atoms with Crippen molar-refractivity contribution in [2.75, 3.05) is 6.54 Å². The van der Waals surface area contributed by atoms with E-state index in [9.17, 15) is 0 Å². The van der Waals surface area contributed by atoms with E-state index in [1.165, 1.54) is 64.3 Å². The predicted molar refractivity (Wildman–Crippen MR) is 75.2 cm³/mol. The molecule has 17 heavy (non-hydrogen) atoms. The van der Waals surface area contributed by atoms with E-state index in [0.29, 0.717) is 0 Å². The third kappa shape index (κ3) is 4.62. The van der Waals surface area contributed by atoms with E-state index >= 15 is 0 Å². The first kappa shape index (κ1) is 13.4. The van der Waals surface area contributed by atoms with Gasteiger partial charge in [0.25, 0.3) is 0 Å². The second-order valence-electron chi connectivity index (χ2n) is 6.62. The zero-order valence-electron chi connectivity index (χ0n) is 11.9. The Kier molecular flexibility index (Phi) is 5.34. The van der Waals surface area contributed by atoms with E-state index in [1.54, 1.807) is 0 Å². The van der Waals surface area contributed by atoms with Gasteiger partial charge in [-0.1, -0.05) is 46.0 Å². The molecule has 0 aliphatic heterocycles. The van der Waals surface area contributed by atoms with Gasteiger partial charge in [0.05, 0.1) is 0 Å². The standard InChI is InChI=1S/C16H31N/c1-3-6-13(2)11-14-7-4-5-8-15(14)12-17-16-9-10-16/h13-17H,3-12H2,1-2H3. The van der Waals surface area contributed by atoms with Crippen LogP contribution in [0.3, 0.4) is 0 Å². The minimum atomic E-state index is 0.894. The van der Waals surface area contributed by atoms with Crippen LogP contribution in [-0.2, 0) is 0 Å². The fourth-order valence-corrected chi connectivity index (χ4v) is 3.60. The van der Waals surface area contributed by atoms with Crippen LogP contribution < -0.4 is 5.32 Å². The van der Waals surface area contributed by atoms with Crippen LogP contribution in [0.15, 0.2) is 0 Å². The maximum absolute atomic E-state index is 3.76. The van der Waals surface area contributed by atoms with Gasteiger partial charge >= 0.3 is 0 Å². The first-order valence-electron chi connectivity index (χ1n) is 8.03. The van der Waals surface area contributed by atoms with Gasteiger partial charge in [0, 0.05) is 6.04 Å². The molecule has 3 unspecified atom stereocenters. The van der Waals surface area contributed by atoms with Crippen molar-refractivity contribution in [2.45, 2.75) is 77.7 Å². The van der Waals surface area contributed by atoms with Crippen molar-refractivity contribution in [3.05, 3.63) is 0 Å². The molecule has 2 fully saturated rings. The first-order valence-corrected chi connectivity index (χ1v) is 8.03. The molecule has 100 valence electrons. The summed E-state index contributed by atoms with van der Waals surface area (Å²) in [6, 6.07) is 0.894. The van der Waals surface area contributed by atoms with Crippen LogP contribution in [-0.4, -0.2) is 12.6 Å². The molecule has 2 rings (SSSR count). The monoisotopic (exact) mass is 237 g/mol. The lowest BCUT2D eigenvalue weighted by Crippen LogP contribution is -2.32. The van der Waals surface area contributed by atoms with E-state index in [-0.39, 0.29) is 0 Å². The van der Waals surface area contributed by atoms with Crippen molar-refractivity contribution in [1.29, 1.82) is 0 Å². The van der Waals surface area contributed by atoms with Gasteiger partial charge in [-0.05, 0) is 50.0 Å². The van der Waals surface area contributed by atoms with E-state index < -0.39 is 0 Å². The third-order valence-corrected chi connectivity index (χ3v) is 4.80. The molecule has 3 atom stereocenters. The molecule has 0 aromatic rings. The highest BCUT2D eigenvalue weighted by molar-refractivity contribution is 4.85. The van der Waals surface area contributed by atoms with Crippen LogP contribution in [0.25, 0.3) is 0 Å². The molecule has 0 spiro atoms. The van der Waals surface area contributed by atoms with Crippen LogP contribution in [0, 0.1) is 17.8 Å². The lowest BCUT2D eigenvalue weighted by atomic mass is 9.74. The fourth-order valence-electron chi connectivity index (χ4n) is 3.60. The molecule has 0 bridgehead atoms. The molecule has 0 aromatic carbocycles. The number of rotatable bonds is 7. The summed E-state index contributed by atoms with van der Waals surface area (Å²) in [6.07, 6.45) is 13.1. The van der Waals surface area contributed by atoms with Gasteiger partial charge in [-0.25, -0.2) is 0 Å². The average Bonchev–Trinajstić information content (AvgIpc) is 3.12. The molecular weight excluding hydrogens is 206 g/mol. The van der Waals surface area contributed by atoms with Crippen molar-refractivity contribution < 1.29 is 0 Å². The largest absolute Gasteiger partial charge is 0.314 e. The second kappa shape index (κ2) is 6.78. The minimum Gasteiger partial charge on any atom is -0.314 e. The van der Waals surface area contributed by atoms with Gasteiger partial charge in [-0.3, -0.25) is 0 Å². The molecule has 2 aliphatic carbocycles. The van der Waals surface area contributed by atoms with Crippen LogP contribution in [0.5, 0.6) is 0 Å². The van der Waals surface area contributed by atoms with E-state index in [1.807, 2.05) is 0 Å². The topological polar surface area (TPSA) is 12.0 Å². The summed E-state index contributed by atoms with van der Waals surface area (Å²) < 4.78 is 0. The molecular formula is C16H31N. The number of nitrogens with one attached hydrogen (secondary N) is 1. The van der Waals surface area contributed by atoms with Crippen molar-refractivity contribution >= 4 is 0 Å². The Morgan fingerprint density at radius 1 is 1.06 bits per heavy atom. The summed E-state index contributed by atoms with van der Waals surface area (Å²) in [4.78, 5) is 0. The maximum atomic E-state index is 3.76. The van der Waals surface area contributed by atoms with Gasteiger partial charge < -0.3 is 5.32 Å². The van der Waals surface area contributed by atoms with Crippen LogP contribution in [0.4, 0.5) is 0 Å². The molecule has 0 heterocycles. The van der Waals surface area contributed by atoms with Crippen molar-refractivity contribution in [3.8, 4) is 0 Å². The van der Waals surface area contributed by atoms with Gasteiger partial charge in [-0.2, -0.15) is 0 Å². The lowest BCUT2D eigenvalue weighted by Gasteiger charge is -2.33. The van der Waals surface area contributed by atoms with Gasteiger partial charge in [-0.15, -0.1) is 0 Å². The zero-order valence-corrected chi connectivity index (χ0v) is 11.9.